The Labute approximate surface area is 177 Å². The zero-order valence-corrected chi connectivity index (χ0v) is 17.8. The van der Waals surface area contributed by atoms with Crippen molar-refractivity contribution < 1.29 is 9.53 Å². The molecular formula is C26H26N2O2. The van der Waals surface area contributed by atoms with Crippen LogP contribution in [0, 0.1) is 0 Å². The Morgan fingerprint density at radius 2 is 1.60 bits per heavy atom. The minimum atomic E-state index is -0.325. The van der Waals surface area contributed by atoms with Gasteiger partial charge in [-0.2, -0.15) is 0 Å². The van der Waals surface area contributed by atoms with Gasteiger partial charge in [0, 0.05) is 12.1 Å². The van der Waals surface area contributed by atoms with Crippen LogP contribution in [0.5, 0.6) is 0 Å². The largest absolute Gasteiger partial charge is 0.465 e. The fourth-order valence-corrected chi connectivity index (χ4v) is 3.62. The molecule has 0 amide bonds. The first kappa shape index (κ1) is 19.9. The molecule has 0 aliphatic heterocycles. The number of rotatable bonds is 4. The Hall–Kier alpha value is -3.40. The molecule has 1 heterocycles. The maximum Gasteiger partial charge on any atom is 0.337 e. The molecule has 4 heteroatoms. The van der Waals surface area contributed by atoms with Crippen LogP contribution >= 0.6 is 0 Å². The molecule has 0 bridgehead atoms. The van der Waals surface area contributed by atoms with Crippen molar-refractivity contribution in [1.29, 1.82) is 0 Å². The van der Waals surface area contributed by atoms with Gasteiger partial charge in [-0.25, -0.2) is 9.78 Å². The number of imidazole rings is 1. The van der Waals surface area contributed by atoms with Crippen molar-refractivity contribution in [1.82, 2.24) is 9.55 Å². The zero-order chi connectivity index (χ0) is 21.3. The number of para-hydroxylation sites is 2. The van der Waals surface area contributed by atoms with E-state index in [0.29, 0.717) is 12.1 Å². The van der Waals surface area contributed by atoms with Crippen molar-refractivity contribution in [2.45, 2.75) is 32.7 Å². The highest BCUT2D eigenvalue weighted by molar-refractivity contribution is 5.89. The summed E-state index contributed by atoms with van der Waals surface area (Å²) in [6.45, 7) is 7.32. The summed E-state index contributed by atoms with van der Waals surface area (Å²) in [5, 5.41) is 0. The van der Waals surface area contributed by atoms with Gasteiger partial charge in [-0.15, -0.1) is 0 Å². The van der Waals surface area contributed by atoms with Gasteiger partial charge in [0.15, 0.2) is 0 Å². The van der Waals surface area contributed by atoms with Crippen molar-refractivity contribution >= 4 is 17.0 Å². The number of benzene rings is 3. The minimum absolute atomic E-state index is 0.111. The Balaban J connectivity index is 1.75. The van der Waals surface area contributed by atoms with Gasteiger partial charge in [-0.1, -0.05) is 69.3 Å². The van der Waals surface area contributed by atoms with Crippen molar-refractivity contribution in [3.05, 3.63) is 89.5 Å². The van der Waals surface area contributed by atoms with Crippen LogP contribution in [0.3, 0.4) is 0 Å². The molecule has 4 rings (SSSR count). The highest BCUT2D eigenvalue weighted by atomic mass is 16.5. The van der Waals surface area contributed by atoms with Crippen LogP contribution in [-0.2, 0) is 16.7 Å². The molecule has 0 atom stereocenters. The number of hydrogen-bond donors (Lipinski definition) is 0. The minimum Gasteiger partial charge on any atom is -0.465 e. The standard InChI is InChI=1S/C26H26N2O2/c1-26(2,3)21-15-13-19(14-16-21)24-27-22-7-5-6-8-23(22)28(24)17-18-9-11-20(12-10-18)25(29)30-4/h5-16H,17H2,1-4H3. The van der Waals surface area contributed by atoms with Gasteiger partial charge in [0.25, 0.3) is 0 Å². The van der Waals surface area contributed by atoms with Crippen molar-refractivity contribution in [3.63, 3.8) is 0 Å². The summed E-state index contributed by atoms with van der Waals surface area (Å²) in [4.78, 5) is 16.6. The molecule has 0 saturated carbocycles. The topological polar surface area (TPSA) is 44.1 Å². The van der Waals surface area contributed by atoms with Gasteiger partial charge in [0.1, 0.15) is 5.82 Å². The molecule has 1 aromatic heterocycles. The van der Waals surface area contributed by atoms with E-state index in [2.05, 4.69) is 55.7 Å². The van der Waals surface area contributed by atoms with E-state index in [1.165, 1.54) is 12.7 Å². The van der Waals surface area contributed by atoms with Crippen LogP contribution in [0.4, 0.5) is 0 Å². The quantitative estimate of drug-likeness (QED) is 0.406. The average molecular weight is 399 g/mol. The second-order valence-electron chi connectivity index (χ2n) is 8.53. The molecule has 0 fully saturated rings. The molecule has 30 heavy (non-hydrogen) atoms. The van der Waals surface area contributed by atoms with Gasteiger partial charge in [-0.3, -0.25) is 0 Å². The number of carbonyl (C=O) groups excluding carboxylic acids is 1. The second kappa shape index (κ2) is 7.79. The smallest absolute Gasteiger partial charge is 0.337 e. The maximum atomic E-state index is 11.7. The van der Waals surface area contributed by atoms with E-state index in [4.69, 9.17) is 9.72 Å². The molecule has 0 radical (unpaired) electrons. The summed E-state index contributed by atoms with van der Waals surface area (Å²) in [6.07, 6.45) is 0. The molecule has 152 valence electrons. The van der Waals surface area contributed by atoms with Gasteiger partial charge >= 0.3 is 5.97 Å². The summed E-state index contributed by atoms with van der Waals surface area (Å²) in [7, 11) is 1.39. The van der Waals surface area contributed by atoms with Gasteiger partial charge < -0.3 is 9.30 Å². The molecular weight excluding hydrogens is 372 g/mol. The summed E-state index contributed by atoms with van der Waals surface area (Å²) in [5.41, 5.74) is 6.20. The van der Waals surface area contributed by atoms with E-state index in [1.54, 1.807) is 12.1 Å². The van der Waals surface area contributed by atoms with Gasteiger partial charge in [-0.05, 0) is 40.8 Å². The monoisotopic (exact) mass is 398 g/mol. The van der Waals surface area contributed by atoms with E-state index in [0.717, 1.165) is 28.0 Å². The normalized spacial score (nSPS) is 11.6. The molecule has 0 saturated heterocycles. The fraction of sp³-hybridized carbons (Fsp3) is 0.231. The number of aromatic nitrogens is 2. The van der Waals surface area contributed by atoms with Crippen LogP contribution in [0.2, 0.25) is 0 Å². The van der Waals surface area contributed by atoms with Crippen LogP contribution in [0.15, 0.2) is 72.8 Å². The van der Waals surface area contributed by atoms with Crippen molar-refractivity contribution in [2.75, 3.05) is 7.11 Å². The van der Waals surface area contributed by atoms with E-state index in [9.17, 15) is 4.79 Å². The van der Waals surface area contributed by atoms with E-state index in [-0.39, 0.29) is 11.4 Å². The summed E-state index contributed by atoms with van der Waals surface area (Å²) < 4.78 is 7.03. The van der Waals surface area contributed by atoms with Crippen molar-refractivity contribution in [3.8, 4) is 11.4 Å². The molecule has 0 aliphatic rings. The van der Waals surface area contributed by atoms with Crippen LogP contribution in [0.1, 0.15) is 42.3 Å². The SMILES string of the molecule is COC(=O)c1ccc(Cn2c(-c3ccc(C(C)(C)C)cc3)nc3ccccc32)cc1. The fourth-order valence-electron chi connectivity index (χ4n) is 3.62. The number of hydrogen-bond acceptors (Lipinski definition) is 3. The number of ether oxygens (including phenoxy) is 1. The summed E-state index contributed by atoms with van der Waals surface area (Å²) in [5.74, 6) is 0.614. The van der Waals surface area contributed by atoms with Crippen LogP contribution < -0.4 is 0 Å². The molecule has 3 aromatic carbocycles. The summed E-state index contributed by atoms with van der Waals surface area (Å²) in [6, 6.07) is 24.4. The Morgan fingerprint density at radius 1 is 0.933 bits per heavy atom. The summed E-state index contributed by atoms with van der Waals surface area (Å²) >= 11 is 0. The average Bonchev–Trinajstić information content (AvgIpc) is 3.11. The third-order valence-corrected chi connectivity index (χ3v) is 5.38. The van der Waals surface area contributed by atoms with Crippen LogP contribution in [0.25, 0.3) is 22.4 Å². The van der Waals surface area contributed by atoms with Crippen LogP contribution in [-0.4, -0.2) is 22.6 Å². The molecule has 0 N–H and O–H groups in total. The highest BCUT2D eigenvalue weighted by Gasteiger charge is 2.16. The first-order valence-corrected chi connectivity index (χ1v) is 10.1. The number of fused-ring (bicyclic) bond motifs is 1. The molecule has 0 spiro atoms. The van der Waals surface area contributed by atoms with Gasteiger partial charge in [0.05, 0.1) is 23.7 Å². The zero-order valence-electron chi connectivity index (χ0n) is 17.8. The van der Waals surface area contributed by atoms with Gasteiger partial charge in [0.2, 0.25) is 0 Å². The number of methoxy groups -OCH3 is 1. The first-order chi connectivity index (χ1) is 14.4. The Kier molecular flexibility index (Phi) is 5.17. The Bertz CT molecular complexity index is 1180. The number of esters is 1. The number of nitrogens with zero attached hydrogens (tertiary/aromatic N) is 2. The second-order valence-corrected chi connectivity index (χ2v) is 8.53. The van der Waals surface area contributed by atoms with Crippen molar-refractivity contribution in [2.24, 2.45) is 0 Å². The number of carbonyl (C=O) groups is 1. The van der Waals surface area contributed by atoms with E-state index >= 15 is 0 Å². The predicted molar refractivity (Wildman–Crippen MR) is 121 cm³/mol. The first-order valence-electron chi connectivity index (χ1n) is 10.1. The molecule has 4 aromatic rings. The molecule has 0 aliphatic carbocycles. The lowest BCUT2D eigenvalue weighted by Crippen LogP contribution is -2.10. The lowest BCUT2D eigenvalue weighted by atomic mass is 9.87. The lowest BCUT2D eigenvalue weighted by Gasteiger charge is -2.19. The lowest BCUT2D eigenvalue weighted by molar-refractivity contribution is 0.0600. The molecule has 0 unspecified atom stereocenters. The van der Waals surface area contributed by atoms with E-state index in [1.807, 2.05) is 30.3 Å². The Morgan fingerprint density at radius 3 is 2.23 bits per heavy atom. The third kappa shape index (κ3) is 3.86. The highest BCUT2D eigenvalue weighted by Crippen LogP contribution is 2.29. The maximum absolute atomic E-state index is 11.7. The predicted octanol–water partition coefficient (Wildman–Crippen LogP) is 5.84. The van der Waals surface area contributed by atoms with E-state index < -0.39 is 0 Å². The third-order valence-electron chi connectivity index (χ3n) is 5.38. The molecule has 4 nitrogen and oxygen atoms in total.